The molecule has 1 saturated heterocycles. The lowest BCUT2D eigenvalue weighted by Crippen LogP contribution is -2.51. The quantitative estimate of drug-likeness (QED) is 0.523. The molecule has 3 heterocycles. The Labute approximate surface area is 211 Å². The van der Waals surface area contributed by atoms with E-state index in [0.717, 1.165) is 13.0 Å². The smallest absolute Gasteiger partial charge is 0.306 e. The van der Waals surface area contributed by atoms with Crippen molar-refractivity contribution in [2.45, 2.75) is 45.6 Å². The van der Waals surface area contributed by atoms with Crippen LogP contribution < -0.4 is 0 Å². The Balaban J connectivity index is 1.30. The summed E-state index contributed by atoms with van der Waals surface area (Å²) in [7, 11) is 0. The van der Waals surface area contributed by atoms with Crippen LogP contribution in [0.2, 0.25) is 0 Å². The van der Waals surface area contributed by atoms with Gasteiger partial charge in [-0.15, -0.1) is 11.3 Å². The zero-order chi connectivity index (χ0) is 24.8. The molecule has 4 rings (SSSR count). The molecule has 2 aromatic rings. The van der Waals surface area contributed by atoms with Gasteiger partial charge in [-0.1, -0.05) is 24.3 Å². The molecule has 8 heteroatoms. The number of benzene rings is 1. The third-order valence-corrected chi connectivity index (χ3v) is 7.99. The maximum Gasteiger partial charge on any atom is 0.306 e. The second-order valence-corrected chi connectivity index (χ2v) is 10.2. The van der Waals surface area contributed by atoms with Gasteiger partial charge in [-0.05, 0) is 48.4 Å². The number of esters is 1. The Hall–Kier alpha value is -2.71. The molecule has 188 valence electrons. The van der Waals surface area contributed by atoms with Gasteiger partial charge in [0, 0.05) is 57.0 Å². The molecule has 2 amide bonds. The van der Waals surface area contributed by atoms with Gasteiger partial charge in [0.1, 0.15) is 0 Å². The first kappa shape index (κ1) is 25.4. The van der Waals surface area contributed by atoms with Crippen LogP contribution in [0.15, 0.2) is 35.7 Å². The van der Waals surface area contributed by atoms with E-state index in [2.05, 4.69) is 47.5 Å². The topological polar surface area (TPSA) is 70.2 Å². The summed E-state index contributed by atoms with van der Waals surface area (Å²) in [4.78, 5) is 44.5. The maximum absolute atomic E-state index is 13.0. The van der Waals surface area contributed by atoms with Gasteiger partial charge in [0.05, 0.1) is 19.1 Å². The number of fused-ring (bicyclic) bond motifs is 1. The van der Waals surface area contributed by atoms with E-state index in [-0.39, 0.29) is 36.7 Å². The van der Waals surface area contributed by atoms with Crippen LogP contribution in [0, 0.1) is 6.92 Å². The highest BCUT2D eigenvalue weighted by molar-refractivity contribution is 7.10. The summed E-state index contributed by atoms with van der Waals surface area (Å²) in [6.07, 6.45) is 1.76. The summed E-state index contributed by atoms with van der Waals surface area (Å²) < 4.78 is 4.90. The number of carbonyl (C=O) groups excluding carboxylic acids is 3. The third kappa shape index (κ3) is 6.11. The molecule has 0 saturated carbocycles. The Morgan fingerprint density at radius 1 is 0.914 bits per heavy atom. The van der Waals surface area contributed by atoms with E-state index in [1.54, 1.807) is 11.8 Å². The molecule has 0 spiro atoms. The molecule has 1 atom stereocenters. The number of ether oxygens (including phenoxy) is 1. The van der Waals surface area contributed by atoms with Gasteiger partial charge in [-0.2, -0.15) is 0 Å². The van der Waals surface area contributed by atoms with E-state index < -0.39 is 0 Å². The fraction of sp³-hybridized carbons (Fsp3) is 0.519. The molecule has 0 aliphatic carbocycles. The molecule has 2 aliphatic heterocycles. The molecule has 0 radical (unpaired) electrons. The van der Waals surface area contributed by atoms with Gasteiger partial charge in [0.25, 0.3) is 0 Å². The number of aryl methyl sites for hydroxylation is 1. The molecular formula is C27H35N3O4S. The van der Waals surface area contributed by atoms with Crippen LogP contribution >= 0.6 is 11.3 Å². The van der Waals surface area contributed by atoms with Crippen LogP contribution in [-0.2, 0) is 25.5 Å². The van der Waals surface area contributed by atoms with Crippen LogP contribution in [0.5, 0.6) is 0 Å². The van der Waals surface area contributed by atoms with Crippen LogP contribution in [0.4, 0.5) is 0 Å². The van der Waals surface area contributed by atoms with Crippen molar-refractivity contribution in [1.29, 1.82) is 0 Å². The fourth-order valence-corrected chi connectivity index (χ4v) is 5.97. The van der Waals surface area contributed by atoms with Crippen LogP contribution in [0.3, 0.4) is 0 Å². The van der Waals surface area contributed by atoms with Gasteiger partial charge in [0.15, 0.2) is 0 Å². The minimum atomic E-state index is -0.342. The van der Waals surface area contributed by atoms with E-state index in [9.17, 15) is 14.4 Å². The van der Waals surface area contributed by atoms with Gasteiger partial charge in [0.2, 0.25) is 11.8 Å². The zero-order valence-electron chi connectivity index (χ0n) is 20.7. The van der Waals surface area contributed by atoms with Crippen molar-refractivity contribution in [1.82, 2.24) is 14.7 Å². The molecule has 1 unspecified atom stereocenters. The highest BCUT2D eigenvalue weighted by Crippen LogP contribution is 2.38. The fourth-order valence-electron chi connectivity index (χ4n) is 5.07. The first-order valence-corrected chi connectivity index (χ1v) is 13.4. The largest absolute Gasteiger partial charge is 0.466 e. The lowest BCUT2D eigenvalue weighted by Gasteiger charge is -2.38. The van der Waals surface area contributed by atoms with Crippen LogP contribution in [0.25, 0.3) is 0 Å². The highest BCUT2D eigenvalue weighted by atomic mass is 32.1. The van der Waals surface area contributed by atoms with Crippen molar-refractivity contribution in [2.75, 3.05) is 45.9 Å². The van der Waals surface area contributed by atoms with Crippen molar-refractivity contribution in [3.05, 3.63) is 57.3 Å². The summed E-state index contributed by atoms with van der Waals surface area (Å²) in [6.45, 7) is 8.01. The van der Waals surface area contributed by atoms with Crippen molar-refractivity contribution >= 4 is 29.1 Å². The average Bonchev–Trinajstić information content (AvgIpc) is 3.35. The second kappa shape index (κ2) is 11.8. The van der Waals surface area contributed by atoms with Gasteiger partial charge < -0.3 is 14.5 Å². The molecule has 1 aromatic heterocycles. The Bertz CT molecular complexity index is 1040. The first-order chi connectivity index (χ1) is 17.0. The van der Waals surface area contributed by atoms with Crippen LogP contribution in [-0.4, -0.2) is 78.4 Å². The second-order valence-electron chi connectivity index (χ2n) is 9.16. The molecule has 0 N–H and O–H groups in total. The SMILES string of the molecule is CCOC(=O)CCC(=O)N1CCN(C(=O)CCN2CCc3sccc3C2c2ccccc2C)CC1. The molecule has 1 fully saturated rings. The molecule has 1 aromatic carbocycles. The number of nitrogens with zero attached hydrogens (tertiary/aromatic N) is 3. The van der Waals surface area contributed by atoms with E-state index in [4.69, 9.17) is 4.74 Å². The summed E-state index contributed by atoms with van der Waals surface area (Å²) in [5, 5.41) is 2.18. The highest BCUT2D eigenvalue weighted by Gasteiger charge is 2.31. The summed E-state index contributed by atoms with van der Waals surface area (Å²) in [5.41, 5.74) is 3.96. The van der Waals surface area contributed by atoms with E-state index in [1.807, 2.05) is 16.2 Å². The molecule has 2 aliphatic rings. The number of rotatable bonds is 8. The van der Waals surface area contributed by atoms with Gasteiger partial charge in [-0.25, -0.2) is 0 Å². The van der Waals surface area contributed by atoms with Crippen molar-refractivity contribution in [3.63, 3.8) is 0 Å². The number of hydrogen-bond donors (Lipinski definition) is 0. The Morgan fingerprint density at radius 2 is 1.60 bits per heavy atom. The average molecular weight is 498 g/mol. The Kier molecular flexibility index (Phi) is 8.57. The van der Waals surface area contributed by atoms with E-state index >= 15 is 0 Å². The zero-order valence-corrected chi connectivity index (χ0v) is 21.5. The molecule has 7 nitrogen and oxygen atoms in total. The van der Waals surface area contributed by atoms with Crippen molar-refractivity contribution in [2.24, 2.45) is 0 Å². The first-order valence-electron chi connectivity index (χ1n) is 12.5. The predicted octanol–water partition coefficient (Wildman–Crippen LogP) is 3.41. The number of piperazine rings is 1. The maximum atomic E-state index is 13.0. The summed E-state index contributed by atoms with van der Waals surface area (Å²) >= 11 is 1.83. The molecule has 0 bridgehead atoms. The number of thiophene rings is 1. The van der Waals surface area contributed by atoms with Gasteiger partial charge >= 0.3 is 5.97 Å². The number of amides is 2. The normalized spacial score (nSPS) is 18.3. The Morgan fingerprint density at radius 3 is 2.29 bits per heavy atom. The lowest BCUT2D eigenvalue weighted by atomic mass is 9.90. The van der Waals surface area contributed by atoms with Crippen molar-refractivity contribution < 1.29 is 19.1 Å². The summed E-state index contributed by atoms with van der Waals surface area (Å²) in [5.74, 6) is -0.250. The standard InChI is InChI=1S/C27H35N3O4S/c1-3-34-26(33)9-8-24(31)28-15-17-29(18-16-28)25(32)11-14-30-13-10-23-22(12-19-35-23)27(30)21-7-5-4-6-20(21)2/h4-7,12,19,27H,3,8-11,13-18H2,1-2H3. The van der Waals surface area contributed by atoms with E-state index in [0.29, 0.717) is 45.8 Å². The lowest BCUT2D eigenvalue weighted by molar-refractivity contribution is -0.146. The predicted molar refractivity (Wildman–Crippen MR) is 136 cm³/mol. The van der Waals surface area contributed by atoms with Gasteiger partial charge in [-0.3, -0.25) is 19.3 Å². The minimum absolute atomic E-state index is 0.0499. The number of hydrogen-bond acceptors (Lipinski definition) is 6. The minimum Gasteiger partial charge on any atom is -0.466 e. The third-order valence-electron chi connectivity index (χ3n) is 7.00. The monoisotopic (exact) mass is 497 g/mol. The molecule has 35 heavy (non-hydrogen) atoms. The summed E-state index contributed by atoms with van der Waals surface area (Å²) in [6, 6.07) is 11.0. The van der Waals surface area contributed by atoms with Crippen LogP contribution in [0.1, 0.15) is 53.8 Å². The van der Waals surface area contributed by atoms with Crippen molar-refractivity contribution in [3.8, 4) is 0 Å². The van der Waals surface area contributed by atoms with E-state index in [1.165, 1.54) is 21.6 Å². The molecular weight excluding hydrogens is 462 g/mol. The number of carbonyl (C=O) groups is 3.